The smallest absolute Gasteiger partial charge is 0.254 e. The Labute approximate surface area is 171 Å². The van der Waals surface area contributed by atoms with Crippen LogP contribution in [0.3, 0.4) is 0 Å². The number of likely N-dealkylation sites (tertiary alicyclic amines) is 1. The van der Waals surface area contributed by atoms with Crippen molar-refractivity contribution in [1.29, 1.82) is 0 Å². The summed E-state index contributed by atoms with van der Waals surface area (Å²) in [6, 6.07) is 6.01. The summed E-state index contributed by atoms with van der Waals surface area (Å²) in [6.07, 6.45) is 5.27. The Hall–Kier alpha value is -1.38. The van der Waals surface area contributed by atoms with E-state index in [2.05, 4.69) is 27.4 Å². The van der Waals surface area contributed by atoms with Crippen LogP contribution in [0.25, 0.3) is 0 Å². The molecule has 1 aromatic rings. The fourth-order valence-corrected chi connectivity index (χ4v) is 3.70. The van der Waals surface area contributed by atoms with Gasteiger partial charge in [-0.25, -0.2) is 4.39 Å². The first-order valence-electron chi connectivity index (χ1n) is 9.19. The predicted octanol–water partition coefficient (Wildman–Crippen LogP) is 3.02. The van der Waals surface area contributed by atoms with E-state index in [1.807, 2.05) is 0 Å². The lowest BCUT2D eigenvalue weighted by molar-refractivity contribution is 0.0951. The van der Waals surface area contributed by atoms with Crippen LogP contribution in [0.2, 0.25) is 0 Å². The van der Waals surface area contributed by atoms with Crippen LogP contribution in [0.1, 0.15) is 43.0 Å². The normalized spacial score (nSPS) is 18.2. The van der Waals surface area contributed by atoms with Crippen molar-refractivity contribution in [3.63, 3.8) is 0 Å². The molecule has 1 saturated heterocycles. The minimum atomic E-state index is -0.500. The molecule has 1 saturated carbocycles. The van der Waals surface area contributed by atoms with Crippen molar-refractivity contribution in [2.45, 2.75) is 32.6 Å². The molecule has 0 bridgehead atoms. The van der Waals surface area contributed by atoms with Gasteiger partial charge in [-0.05, 0) is 43.7 Å². The number of halogens is 2. The average Bonchev–Trinajstić information content (AvgIpc) is 3.04. The molecule has 3 rings (SSSR count). The Morgan fingerprint density at radius 2 is 2.04 bits per heavy atom. The van der Waals surface area contributed by atoms with Gasteiger partial charge < -0.3 is 15.5 Å². The number of hydrogen-bond acceptors (Lipinski definition) is 2. The first-order valence-corrected chi connectivity index (χ1v) is 9.19. The van der Waals surface area contributed by atoms with E-state index in [4.69, 9.17) is 0 Å². The molecule has 144 valence electrons. The summed E-state index contributed by atoms with van der Waals surface area (Å²) >= 11 is 0. The summed E-state index contributed by atoms with van der Waals surface area (Å²) in [5.41, 5.74) is 0.597. The van der Waals surface area contributed by atoms with Crippen molar-refractivity contribution in [2.75, 3.05) is 32.7 Å². The van der Waals surface area contributed by atoms with E-state index in [0.29, 0.717) is 18.5 Å². The number of nitrogens with zero attached hydrogens (tertiary/aromatic N) is 2. The fourth-order valence-electron chi connectivity index (χ4n) is 3.70. The Balaban J connectivity index is 0.00000243. The summed E-state index contributed by atoms with van der Waals surface area (Å²) in [6.45, 7) is 5.88. The highest BCUT2D eigenvalue weighted by molar-refractivity contribution is 14.0. The average molecular weight is 474 g/mol. The molecule has 26 heavy (non-hydrogen) atoms. The van der Waals surface area contributed by atoms with E-state index >= 15 is 0 Å². The number of nitrogens with one attached hydrogen (secondary N) is 2. The highest BCUT2D eigenvalue weighted by atomic mass is 127. The van der Waals surface area contributed by atoms with Crippen LogP contribution in [0, 0.1) is 11.2 Å². The molecule has 1 spiro atoms. The van der Waals surface area contributed by atoms with Gasteiger partial charge in [-0.3, -0.25) is 9.79 Å². The molecule has 0 radical (unpaired) electrons. The molecule has 5 nitrogen and oxygen atoms in total. The molecule has 0 unspecified atom stereocenters. The summed E-state index contributed by atoms with van der Waals surface area (Å²) in [4.78, 5) is 19.0. The van der Waals surface area contributed by atoms with E-state index in [-0.39, 0.29) is 29.5 Å². The number of carbonyl (C=O) groups is 1. The van der Waals surface area contributed by atoms with E-state index < -0.39 is 11.7 Å². The van der Waals surface area contributed by atoms with Crippen LogP contribution in [0.5, 0.6) is 0 Å². The standard InChI is InChI=1S/C19H27FN4O.HI/c1-2-21-18(24-13-10-19(14-24)8-5-9-19)23-12-11-22-17(25)15-6-3-4-7-16(15)20;/h3-4,6-7H,2,5,8-14H2,1H3,(H,21,23)(H,22,25);1H. The van der Waals surface area contributed by atoms with Crippen LogP contribution < -0.4 is 10.6 Å². The van der Waals surface area contributed by atoms with Crippen molar-refractivity contribution in [3.8, 4) is 0 Å². The maximum Gasteiger partial charge on any atom is 0.254 e. The third kappa shape index (κ3) is 4.86. The van der Waals surface area contributed by atoms with Gasteiger partial charge >= 0.3 is 0 Å². The maximum atomic E-state index is 13.6. The summed E-state index contributed by atoms with van der Waals surface area (Å²) < 4.78 is 13.6. The molecule has 1 aliphatic heterocycles. The molecule has 0 aromatic heterocycles. The van der Waals surface area contributed by atoms with Crippen LogP contribution in [0.4, 0.5) is 4.39 Å². The zero-order chi connectivity index (χ0) is 17.7. The van der Waals surface area contributed by atoms with E-state index in [0.717, 1.165) is 25.6 Å². The third-order valence-electron chi connectivity index (χ3n) is 5.26. The highest BCUT2D eigenvalue weighted by Gasteiger charge is 2.43. The Morgan fingerprint density at radius 3 is 2.65 bits per heavy atom. The number of benzene rings is 1. The van der Waals surface area contributed by atoms with Gasteiger partial charge in [0.1, 0.15) is 5.82 Å². The van der Waals surface area contributed by atoms with Gasteiger partial charge in [0.25, 0.3) is 5.91 Å². The zero-order valence-corrected chi connectivity index (χ0v) is 17.6. The first-order chi connectivity index (χ1) is 12.1. The maximum absolute atomic E-state index is 13.6. The molecule has 1 amide bonds. The Kier molecular flexibility index (Phi) is 7.67. The minimum Gasteiger partial charge on any atom is -0.357 e. The lowest BCUT2D eigenvalue weighted by Crippen LogP contribution is -2.43. The van der Waals surface area contributed by atoms with Crippen molar-refractivity contribution in [1.82, 2.24) is 15.5 Å². The third-order valence-corrected chi connectivity index (χ3v) is 5.26. The molecule has 2 fully saturated rings. The van der Waals surface area contributed by atoms with Crippen molar-refractivity contribution in [3.05, 3.63) is 35.6 Å². The van der Waals surface area contributed by atoms with Crippen LogP contribution in [-0.4, -0.2) is 49.5 Å². The molecule has 0 atom stereocenters. The fraction of sp³-hybridized carbons (Fsp3) is 0.579. The number of aliphatic imine (C=N–C) groups is 1. The monoisotopic (exact) mass is 474 g/mol. The van der Waals surface area contributed by atoms with Crippen LogP contribution in [0.15, 0.2) is 29.3 Å². The minimum absolute atomic E-state index is 0. The van der Waals surface area contributed by atoms with Gasteiger partial charge in [-0.15, -0.1) is 24.0 Å². The van der Waals surface area contributed by atoms with E-state index in [1.54, 1.807) is 12.1 Å². The number of rotatable bonds is 5. The molecule has 1 heterocycles. The molecule has 7 heteroatoms. The topological polar surface area (TPSA) is 56.7 Å². The lowest BCUT2D eigenvalue weighted by atomic mass is 9.68. The molecular weight excluding hydrogens is 446 g/mol. The largest absolute Gasteiger partial charge is 0.357 e. The second-order valence-corrected chi connectivity index (χ2v) is 7.00. The second kappa shape index (κ2) is 9.53. The van der Waals surface area contributed by atoms with Gasteiger partial charge in [0.05, 0.1) is 12.1 Å². The van der Waals surface area contributed by atoms with Gasteiger partial charge in [0, 0.05) is 26.2 Å². The number of guanidine groups is 1. The van der Waals surface area contributed by atoms with Gasteiger partial charge in [-0.1, -0.05) is 18.6 Å². The van der Waals surface area contributed by atoms with Crippen molar-refractivity contribution < 1.29 is 9.18 Å². The molecule has 1 aromatic carbocycles. The first kappa shape index (κ1) is 20.9. The summed E-state index contributed by atoms with van der Waals surface area (Å²) in [5, 5.41) is 6.08. The van der Waals surface area contributed by atoms with Gasteiger partial charge in [0.2, 0.25) is 0 Å². The molecule has 2 aliphatic rings. The van der Waals surface area contributed by atoms with Gasteiger partial charge in [-0.2, -0.15) is 0 Å². The quantitative estimate of drug-likeness (QED) is 0.299. The number of carbonyl (C=O) groups excluding carboxylic acids is 1. The predicted molar refractivity (Wildman–Crippen MR) is 113 cm³/mol. The summed E-state index contributed by atoms with van der Waals surface area (Å²) in [5.74, 6) is 0.0269. The van der Waals surface area contributed by atoms with Crippen LogP contribution >= 0.6 is 24.0 Å². The molecule has 1 aliphatic carbocycles. The van der Waals surface area contributed by atoms with Crippen molar-refractivity contribution >= 4 is 35.8 Å². The van der Waals surface area contributed by atoms with E-state index in [1.165, 1.54) is 37.8 Å². The molecular formula is C19H28FIN4O. The Bertz CT molecular complexity index is 648. The number of hydrogen-bond donors (Lipinski definition) is 2. The Morgan fingerprint density at radius 1 is 1.27 bits per heavy atom. The number of amides is 1. The zero-order valence-electron chi connectivity index (χ0n) is 15.3. The SMILES string of the molecule is CCNC(=NCCNC(=O)c1ccccc1F)N1CCC2(CCC2)C1.I. The van der Waals surface area contributed by atoms with E-state index in [9.17, 15) is 9.18 Å². The molecule has 2 N–H and O–H groups in total. The summed E-state index contributed by atoms with van der Waals surface area (Å²) in [7, 11) is 0. The van der Waals surface area contributed by atoms with Crippen molar-refractivity contribution in [2.24, 2.45) is 10.4 Å². The highest BCUT2D eigenvalue weighted by Crippen LogP contribution is 2.47. The lowest BCUT2D eigenvalue weighted by Gasteiger charge is -2.38. The van der Waals surface area contributed by atoms with Crippen LogP contribution in [-0.2, 0) is 0 Å². The second-order valence-electron chi connectivity index (χ2n) is 7.00. The van der Waals surface area contributed by atoms with Gasteiger partial charge in [0.15, 0.2) is 5.96 Å².